The Morgan fingerprint density at radius 3 is 2.72 bits per heavy atom. The summed E-state index contributed by atoms with van der Waals surface area (Å²) in [5.74, 6) is 2.09. The number of aromatic nitrogens is 2. The van der Waals surface area contributed by atoms with Crippen LogP contribution in [-0.4, -0.2) is 61.9 Å². The summed E-state index contributed by atoms with van der Waals surface area (Å²) in [7, 11) is 3.63. The van der Waals surface area contributed by atoms with E-state index in [1.165, 1.54) is 6.92 Å². The van der Waals surface area contributed by atoms with Gasteiger partial charge in [0.25, 0.3) is 0 Å². The van der Waals surface area contributed by atoms with Gasteiger partial charge in [0.1, 0.15) is 16.9 Å². The molecule has 32 heavy (non-hydrogen) atoms. The monoisotopic (exact) mass is 461 g/mol. The van der Waals surface area contributed by atoms with Crippen molar-refractivity contribution in [3.63, 3.8) is 0 Å². The van der Waals surface area contributed by atoms with E-state index in [1.807, 2.05) is 43.1 Å². The number of halogens is 1. The van der Waals surface area contributed by atoms with Crippen LogP contribution < -0.4 is 19.9 Å². The SMILES string of the molecule is COC[C@@H](C)N(C)c1ncc(Cl)c(N2CC[C@@H](Oc3ccc([C@H](C)NC(C)=O)cc3)C2)n1. The van der Waals surface area contributed by atoms with Crippen molar-refractivity contribution >= 4 is 29.3 Å². The van der Waals surface area contributed by atoms with Gasteiger partial charge in [0.15, 0.2) is 5.82 Å². The first-order valence-electron chi connectivity index (χ1n) is 10.8. The van der Waals surface area contributed by atoms with Gasteiger partial charge in [-0.25, -0.2) is 4.98 Å². The highest BCUT2D eigenvalue weighted by Gasteiger charge is 2.27. The molecule has 2 heterocycles. The first kappa shape index (κ1) is 24.1. The fourth-order valence-electron chi connectivity index (χ4n) is 3.72. The highest BCUT2D eigenvalue weighted by atomic mass is 35.5. The lowest BCUT2D eigenvalue weighted by atomic mass is 10.1. The Kier molecular flexibility index (Phi) is 8.15. The molecule has 3 atom stereocenters. The second-order valence-electron chi connectivity index (χ2n) is 8.22. The summed E-state index contributed by atoms with van der Waals surface area (Å²) in [5, 5.41) is 3.41. The predicted molar refractivity (Wildman–Crippen MR) is 127 cm³/mol. The lowest BCUT2D eigenvalue weighted by molar-refractivity contribution is -0.119. The van der Waals surface area contributed by atoms with Crippen molar-refractivity contribution in [3.8, 4) is 5.75 Å². The summed E-state index contributed by atoms with van der Waals surface area (Å²) in [5.41, 5.74) is 1.03. The molecule has 1 aliphatic rings. The number of likely N-dealkylation sites (N-methyl/N-ethyl adjacent to an activating group) is 1. The minimum absolute atomic E-state index is 0.0354. The molecule has 1 aromatic carbocycles. The Morgan fingerprint density at radius 2 is 2.06 bits per heavy atom. The van der Waals surface area contributed by atoms with E-state index in [-0.39, 0.29) is 24.1 Å². The smallest absolute Gasteiger partial charge is 0.227 e. The number of hydrogen-bond acceptors (Lipinski definition) is 7. The minimum Gasteiger partial charge on any atom is -0.489 e. The number of hydrogen-bond donors (Lipinski definition) is 1. The maximum absolute atomic E-state index is 11.2. The molecule has 2 aromatic rings. The zero-order valence-corrected chi connectivity index (χ0v) is 20.1. The molecule has 0 radical (unpaired) electrons. The molecular formula is C23H32ClN5O3. The van der Waals surface area contributed by atoms with E-state index >= 15 is 0 Å². The number of anilines is 2. The summed E-state index contributed by atoms with van der Waals surface area (Å²) < 4.78 is 11.4. The molecule has 0 spiro atoms. The van der Waals surface area contributed by atoms with Crippen LogP contribution in [0, 0.1) is 0 Å². The van der Waals surface area contributed by atoms with E-state index in [0.717, 1.165) is 30.1 Å². The van der Waals surface area contributed by atoms with E-state index in [0.29, 0.717) is 24.1 Å². The Balaban J connectivity index is 1.63. The Morgan fingerprint density at radius 1 is 1.34 bits per heavy atom. The molecule has 3 rings (SSSR count). The number of nitrogens with one attached hydrogen (secondary N) is 1. The van der Waals surface area contributed by atoms with Gasteiger partial charge >= 0.3 is 0 Å². The van der Waals surface area contributed by atoms with Crippen molar-refractivity contribution in [3.05, 3.63) is 41.0 Å². The normalized spacial score (nSPS) is 17.7. The van der Waals surface area contributed by atoms with E-state index in [1.54, 1.807) is 13.3 Å². The van der Waals surface area contributed by atoms with E-state index < -0.39 is 0 Å². The van der Waals surface area contributed by atoms with Gasteiger partial charge in [-0.3, -0.25) is 4.79 Å². The standard InChI is InChI=1S/C23H32ClN5O3/c1-15(14-31-5)28(4)23-25-12-21(24)22(27-23)29-11-10-20(13-29)32-19-8-6-18(7-9-19)16(2)26-17(3)30/h6-9,12,15-16,20H,10-11,13-14H2,1-5H3,(H,26,30)/t15-,16+,20-/m1/s1. The number of carbonyl (C=O) groups is 1. The van der Waals surface area contributed by atoms with Crippen LogP contribution in [-0.2, 0) is 9.53 Å². The van der Waals surface area contributed by atoms with Crippen molar-refractivity contribution in [2.75, 3.05) is 43.7 Å². The minimum atomic E-state index is -0.0465. The Hall–Kier alpha value is -2.58. The van der Waals surface area contributed by atoms with Crippen LogP contribution in [0.1, 0.15) is 38.8 Å². The molecular weight excluding hydrogens is 430 g/mol. The first-order chi connectivity index (χ1) is 15.3. The average molecular weight is 462 g/mol. The zero-order chi connectivity index (χ0) is 23.3. The quantitative estimate of drug-likeness (QED) is 0.612. The largest absolute Gasteiger partial charge is 0.489 e. The topological polar surface area (TPSA) is 79.8 Å². The van der Waals surface area contributed by atoms with Crippen LogP contribution in [0.5, 0.6) is 5.75 Å². The van der Waals surface area contributed by atoms with Gasteiger partial charge in [0.05, 0.1) is 31.4 Å². The molecule has 1 amide bonds. The highest BCUT2D eigenvalue weighted by molar-refractivity contribution is 6.32. The summed E-state index contributed by atoms with van der Waals surface area (Å²) >= 11 is 6.43. The van der Waals surface area contributed by atoms with Gasteiger partial charge in [-0.05, 0) is 31.5 Å². The molecule has 0 unspecified atom stereocenters. The van der Waals surface area contributed by atoms with Crippen LogP contribution in [0.2, 0.25) is 5.02 Å². The molecule has 8 nitrogen and oxygen atoms in total. The highest BCUT2D eigenvalue weighted by Crippen LogP contribution is 2.29. The molecule has 0 aliphatic carbocycles. The third kappa shape index (κ3) is 6.01. The van der Waals surface area contributed by atoms with Crippen LogP contribution in [0.15, 0.2) is 30.5 Å². The molecule has 1 aromatic heterocycles. The number of nitrogens with zero attached hydrogens (tertiary/aromatic N) is 4. The third-order valence-electron chi connectivity index (χ3n) is 5.64. The molecule has 174 valence electrons. The predicted octanol–water partition coefficient (Wildman–Crippen LogP) is 3.46. The maximum Gasteiger partial charge on any atom is 0.227 e. The van der Waals surface area contributed by atoms with Crippen LogP contribution >= 0.6 is 11.6 Å². The second kappa shape index (κ2) is 10.8. The summed E-state index contributed by atoms with van der Waals surface area (Å²) in [6, 6.07) is 7.94. The molecule has 1 N–H and O–H groups in total. The van der Waals surface area contributed by atoms with Crippen molar-refractivity contribution < 1.29 is 14.3 Å². The van der Waals surface area contributed by atoms with Gasteiger partial charge < -0.3 is 24.6 Å². The zero-order valence-electron chi connectivity index (χ0n) is 19.3. The lowest BCUT2D eigenvalue weighted by Gasteiger charge is -2.26. The van der Waals surface area contributed by atoms with Crippen molar-refractivity contribution in [2.24, 2.45) is 0 Å². The number of methoxy groups -OCH3 is 1. The van der Waals surface area contributed by atoms with Gasteiger partial charge in [0, 0.05) is 34.0 Å². The maximum atomic E-state index is 11.2. The molecule has 0 bridgehead atoms. The van der Waals surface area contributed by atoms with E-state index in [4.69, 9.17) is 26.1 Å². The van der Waals surface area contributed by atoms with Crippen molar-refractivity contribution in [1.82, 2.24) is 15.3 Å². The van der Waals surface area contributed by atoms with Crippen LogP contribution in [0.4, 0.5) is 11.8 Å². The average Bonchev–Trinajstić information content (AvgIpc) is 3.22. The number of amides is 1. The van der Waals surface area contributed by atoms with Crippen LogP contribution in [0.3, 0.4) is 0 Å². The van der Waals surface area contributed by atoms with Gasteiger partial charge in [0.2, 0.25) is 11.9 Å². The van der Waals surface area contributed by atoms with E-state index in [9.17, 15) is 4.79 Å². The number of carbonyl (C=O) groups excluding carboxylic acids is 1. The Bertz CT molecular complexity index is 911. The number of rotatable bonds is 9. The number of benzene rings is 1. The fourth-order valence-corrected chi connectivity index (χ4v) is 3.93. The fraction of sp³-hybridized carbons (Fsp3) is 0.522. The summed E-state index contributed by atoms with van der Waals surface area (Å²) in [6.45, 7) is 7.61. The van der Waals surface area contributed by atoms with Gasteiger partial charge in [-0.15, -0.1) is 0 Å². The summed E-state index contributed by atoms with van der Waals surface area (Å²) in [6.07, 6.45) is 2.56. The second-order valence-corrected chi connectivity index (χ2v) is 8.63. The number of ether oxygens (including phenoxy) is 2. The van der Waals surface area contributed by atoms with E-state index in [2.05, 4.69) is 22.1 Å². The molecule has 0 saturated carbocycles. The van der Waals surface area contributed by atoms with Crippen molar-refractivity contribution in [1.29, 1.82) is 0 Å². The molecule has 1 aliphatic heterocycles. The molecule has 1 saturated heterocycles. The summed E-state index contributed by atoms with van der Waals surface area (Å²) in [4.78, 5) is 24.5. The van der Waals surface area contributed by atoms with Gasteiger partial charge in [-0.2, -0.15) is 4.98 Å². The molecule has 1 fully saturated rings. The lowest BCUT2D eigenvalue weighted by Crippen LogP contribution is -2.34. The van der Waals surface area contributed by atoms with Crippen molar-refractivity contribution in [2.45, 2.75) is 45.4 Å². The van der Waals surface area contributed by atoms with Gasteiger partial charge in [-0.1, -0.05) is 23.7 Å². The first-order valence-corrected chi connectivity index (χ1v) is 11.2. The van der Waals surface area contributed by atoms with Crippen LogP contribution in [0.25, 0.3) is 0 Å². The third-order valence-corrected chi connectivity index (χ3v) is 5.91. The Labute approximate surface area is 194 Å². The molecule has 9 heteroatoms.